The summed E-state index contributed by atoms with van der Waals surface area (Å²) in [5.74, 6) is 3.23. The van der Waals surface area contributed by atoms with E-state index in [1.54, 1.807) is 0 Å². The van der Waals surface area contributed by atoms with Crippen LogP contribution in [0.2, 0.25) is 0 Å². The van der Waals surface area contributed by atoms with Crippen molar-refractivity contribution in [2.75, 3.05) is 19.8 Å². The van der Waals surface area contributed by atoms with Crippen molar-refractivity contribution in [1.82, 2.24) is 4.90 Å². The van der Waals surface area contributed by atoms with E-state index in [4.69, 9.17) is 4.74 Å². The van der Waals surface area contributed by atoms with Crippen molar-refractivity contribution in [3.8, 4) is 0 Å². The molecule has 0 radical (unpaired) electrons. The van der Waals surface area contributed by atoms with Gasteiger partial charge in [0.15, 0.2) is 0 Å². The molecule has 0 aromatic carbocycles. The Balaban J connectivity index is 1.42. The summed E-state index contributed by atoms with van der Waals surface area (Å²) in [6.07, 6.45) is 7.66. The monoisotopic (exact) mass is 249 g/mol. The van der Waals surface area contributed by atoms with E-state index in [-0.39, 0.29) is 5.92 Å². The maximum absolute atomic E-state index is 12.6. The molecule has 0 aromatic rings. The predicted molar refractivity (Wildman–Crippen MR) is 68.0 cm³/mol. The van der Waals surface area contributed by atoms with Crippen LogP contribution < -0.4 is 0 Å². The molecule has 4 aliphatic rings. The Morgan fingerprint density at radius 1 is 1.06 bits per heavy atom. The minimum atomic E-state index is 0.167. The third kappa shape index (κ3) is 1.87. The van der Waals surface area contributed by atoms with Crippen molar-refractivity contribution in [3.05, 3.63) is 0 Å². The lowest BCUT2D eigenvalue weighted by atomic mass is 9.80. The van der Waals surface area contributed by atoms with Gasteiger partial charge < -0.3 is 9.64 Å². The maximum atomic E-state index is 12.6. The summed E-state index contributed by atoms with van der Waals surface area (Å²) in [4.78, 5) is 14.8. The number of hydrogen-bond acceptors (Lipinski definition) is 2. The lowest BCUT2D eigenvalue weighted by molar-refractivity contribution is -0.155. The summed E-state index contributed by atoms with van der Waals surface area (Å²) in [5, 5.41) is 0. The summed E-state index contributed by atoms with van der Waals surface area (Å²) < 4.78 is 5.47. The molecule has 0 N–H and O–H groups in total. The average Bonchev–Trinajstić information content (AvgIpc) is 3.22. The molecule has 1 amide bonds. The first-order valence-electron chi connectivity index (χ1n) is 7.73. The molecule has 3 unspecified atom stereocenters. The first-order chi connectivity index (χ1) is 8.84. The van der Waals surface area contributed by atoms with E-state index < -0.39 is 0 Å². The Bertz CT molecular complexity index is 342. The average molecular weight is 249 g/mol. The Kier molecular flexibility index (Phi) is 2.65. The largest absolute Gasteiger partial charge is 0.381 e. The van der Waals surface area contributed by atoms with Crippen LogP contribution in [0.3, 0.4) is 0 Å². The summed E-state index contributed by atoms with van der Waals surface area (Å²) in [7, 11) is 0. The number of rotatable bonds is 3. The maximum Gasteiger partial charge on any atom is 0.228 e. The molecule has 3 atom stereocenters. The van der Waals surface area contributed by atoms with Crippen LogP contribution in [0.15, 0.2) is 0 Å². The molecule has 3 heteroatoms. The minimum absolute atomic E-state index is 0.167. The van der Waals surface area contributed by atoms with E-state index in [9.17, 15) is 4.79 Å². The molecule has 2 aliphatic carbocycles. The molecule has 2 heterocycles. The zero-order chi connectivity index (χ0) is 12.1. The van der Waals surface area contributed by atoms with Gasteiger partial charge in [0.1, 0.15) is 0 Å². The van der Waals surface area contributed by atoms with Crippen molar-refractivity contribution in [2.24, 2.45) is 23.7 Å². The number of likely N-dealkylation sites (tertiary alicyclic amines) is 1. The number of amides is 1. The van der Waals surface area contributed by atoms with Crippen LogP contribution in [0.25, 0.3) is 0 Å². The molecule has 2 aliphatic heterocycles. The third-order valence-electron chi connectivity index (χ3n) is 5.33. The van der Waals surface area contributed by atoms with Gasteiger partial charge in [-0.15, -0.1) is 0 Å². The van der Waals surface area contributed by atoms with Crippen LogP contribution in [-0.2, 0) is 9.53 Å². The van der Waals surface area contributed by atoms with Gasteiger partial charge >= 0.3 is 0 Å². The van der Waals surface area contributed by atoms with Crippen LogP contribution in [-0.4, -0.2) is 36.6 Å². The molecular weight excluding hydrogens is 226 g/mol. The Morgan fingerprint density at radius 3 is 2.44 bits per heavy atom. The van der Waals surface area contributed by atoms with Gasteiger partial charge in [0, 0.05) is 25.1 Å². The van der Waals surface area contributed by atoms with Crippen molar-refractivity contribution in [3.63, 3.8) is 0 Å². The standard InChI is InChI=1S/C15H23NO2/c17-15(12-2-1-7-18-9-12)16-8-13(10-3-4-10)14(16)11-5-6-11/h10-14H,1-9H2. The molecule has 4 rings (SSSR count). The van der Waals surface area contributed by atoms with Crippen LogP contribution in [0, 0.1) is 23.7 Å². The normalized spacial score (nSPS) is 40.4. The first kappa shape index (κ1) is 11.3. The highest BCUT2D eigenvalue weighted by Gasteiger charge is 2.55. The second-order valence-corrected chi connectivity index (χ2v) is 6.73. The molecule has 0 bridgehead atoms. The zero-order valence-electron chi connectivity index (χ0n) is 11.0. The van der Waals surface area contributed by atoms with Gasteiger partial charge in [-0.3, -0.25) is 4.79 Å². The summed E-state index contributed by atoms with van der Waals surface area (Å²) in [6.45, 7) is 2.57. The van der Waals surface area contributed by atoms with E-state index in [0.717, 1.165) is 43.7 Å². The SMILES string of the molecule is O=C(C1CCCOC1)N1CC(C2CC2)C1C1CC1. The van der Waals surface area contributed by atoms with Crippen LogP contribution in [0.1, 0.15) is 38.5 Å². The molecule has 0 spiro atoms. The zero-order valence-corrected chi connectivity index (χ0v) is 11.0. The number of carbonyl (C=O) groups is 1. The fourth-order valence-electron chi connectivity index (χ4n) is 3.95. The number of nitrogens with zero attached hydrogens (tertiary/aromatic N) is 1. The highest BCUT2D eigenvalue weighted by Crippen LogP contribution is 2.52. The van der Waals surface area contributed by atoms with Gasteiger partial charge in [0.2, 0.25) is 5.91 Å². The fourth-order valence-corrected chi connectivity index (χ4v) is 3.95. The lowest BCUT2D eigenvalue weighted by Gasteiger charge is -2.50. The summed E-state index contributed by atoms with van der Waals surface area (Å²) >= 11 is 0. The van der Waals surface area contributed by atoms with Crippen LogP contribution in [0.5, 0.6) is 0 Å². The second-order valence-electron chi connectivity index (χ2n) is 6.73. The Morgan fingerprint density at radius 2 is 1.83 bits per heavy atom. The molecule has 100 valence electrons. The van der Waals surface area contributed by atoms with Gasteiger partial charge in [0.25, 0.3) is 0 Å². The minimum Gasteiger partial charge on any atom is -0.381 e. The topological polar surface area (TPSA) is 29.5 Å². The molecular formula is C15H23NO2. The molecule has 0 aromatic heterocycles. The molecule has 2 saturated carbocycles. The lowest BCUT2D eigenvalue weighted by Crippen LogP contribution is -2.62. The highest BCUT2D eigenvalue weighted by atomic mass is 16.5. The van der Waals surface area contributed by atoms with Gasteiger partial charge in [-0.1, -0.05) is 0 Å². The third-order valence-corrected chi connectivity index (χ3v) is 5.33. The second kappa shape index (κ2) is 4.22. The van der Waals surface area contributed by atoms with E-state index >= 15 is 0 Å². The molecule has 18 heavy (non-hydrogen) atoms. The van der Waals surface area contributed by atoms with E-state index in [0.29, 0.717) is 18.6 Å². The van der Waals surface area contributed by atoms with Crippen molar-refractivity contribution in [1.29, 1.82) is 0 Å². The molecule has 3 nitrogen and oxygen atoms in total. The van der Waals surface area contributed by atoms with E-state index in [1.165, 1.54) is 25.7 Å². The first-order valence-corrected chi connectivity index (χ1v) is 7.73. The van der Waals surface area contributed by atoms with Gasteiger partial charge in [0.05, 0.1) is 12.5 Å². The van der Waals surface area contributed by atoms with Crippen LogP contribution >= 0.6 is 0 Å². The molecule has 2 saturated heterocycles. The van der Waals surface area contributed by atoms with Gasteiger partial charge in [-0.25, -0.2) is 0 Å². The van der Waals surface area contributed by atoms with Crippen molar-refractivity contribution < 1.29 is 9.53 Å². The Labute approximate surface area is 109 Å². The number of hydrogen-bond donors (Lipinski definition) is 0. The highest BCUT2D eigenvalue weighted by molar-refractivity contribution is 5.80. The number of carbonyl (C=O) groups excluding carboxylic acids is 1. The summed E-state index contributed by atoms with van der Waals surface area (Å²) in [6, 6.07) is 0.618. The smallest absolute Gasteiger partial charge is 0.228 e. The van der Waals surface area contributed by atoms with E-state index in [2.05, 4.69) is 4.90 Å². The number of ether oxygens (including phenoxy) is 1. The van der Waals surface area contributed by atoms with Gasteiger partial charge in [-0.05, 0) is 50.4 Å². The molecule has 4 fully saturated rings. The predicted octanol–water partition coefficient (Wildman–Crippen LogP) is 2.06. The fraction of sp³-hybridized carbons (Fsp3) is 0.933. The Hall–Kier alpha value is -0.570. The van der Waals surface area contributed by atoms with Crippen molar-refractivity contribution >= 4 is 5.91 Å². The van der Waals surface area contributed by atoms with Crippen LogP contribution in [0.4, 0.5) is 0 Å². The quantitative estimate of drug-likeness (QED) is 0.766. The van der Waals surface area contributed by atoms with Crippen molar-refractivity contribution in [2.45, 2.75) is 44.6 Å². The summed E-state index contributed by atoms with van der Waals surface area (Å²) in [5.41, 5.74) is 0. The van der Waals surface area contributed by atoms with Gasteiger partial charge in [-0.2, -0.15) is 0 Å². The van der Waals surface area contributed by atoms with E-state index in [1.807, 2.05) is 0 Å².